The zero-order chi connectivity index (χ0) is 19.8. The molecule has 9 heteroatoms. The van der Waals surface area contributed by atoms with Crippen molar-refractivity contribution in [1.29, 1.82) is 0 Å². The van der Waals surface area contributed by atoms with Gasteiger partial charge in [0.05, 0.1) is 19.2 Å². The molecule has 0 fully saturated rings. The van der Waals surface area contributed by atoms with E-state index in [0.29, 0.717) is 11.3 Å². The molecule has 2 aromatic carbocycles. The van der Waals surface area contributed by atoms with Gasteiger partial charge in [-0.3, -0.25) is 4.79 Å². The molecule has 1 unspecified atom stereocenters. The van der Waals surface area contributed by atoms with E-state index in [2.05, 4.69) is 5.10 Å². The topological polar surface area (TPSA) is 62.1 Å². The van der Waals surface area contributed by atoms with E-state index in [1.807, 2.05) is 0 Å². The summed E-state index contributed by atoms with van der Waals surface area (Å²) in [6, 6.07) is 9.91. The van der Waals surface area contributed by atoms with E-state index in [9.17, 15) is 27.5 Å². The predicted molar refractivity (Wildman–Crippen MR) is 87.7 cm³/mol. The van der Waals surface area contributed by atoms with E-state index in [4.69, 9.17) is 4.74 Å². The number of amides is 1. The lowest BCUT2D eigenvalue weighted by Crippen LogP contribution is -2.56. The first-order valence-corrected chi connectivity index (χ1v) is 7.77. The van der Waals surface area contributed by atoms with E-state index in [0.717, 1.165) is 24.3 Å². The SMILES string of the molecule is COc1ccc(C2=NN(C(=O)c3ccc(F)cc3)C(O)(C(F)(F)F)C2)cc1. The Balaban J connectivity index is 2.01. The Kier molecular flexibility index (Phi) is 4.64. The van der Waals surface area contributed by atoms with Gasteiger partial charge < -0.3 is 9.84 Å². The van der Waals surface area contributed by atoms with E-state index >= 15 is 0 Å². The first kappa shape index (κ1) is 18.8. The number of hydrogen-bond acceptors (Lipinski definition) is 4. The summed E-state index contributed by atoms with van der Waals surface area (Å²) in [5.74, 6) is -1.36. The zero-order valence-electron chi connectivity index (χ0n) is 14.0. The van der Waals surface area contributed by atoms with Gasteiger partial charge in [-0.2, -0.15) is 23.3 Å². The Labute approximate surface area is 151 Å². The average Bonchev–Trinajstić information content (AvgIpc) is 3.01. The molecule has 0 saturated carbocycles. The van der Waals surface area contributed by atoms with Gasteiger partial charge >= 0.3 is 6.18 Å². The third kappa shape index (κ3) is 3.37. The summed E-state index contributed by atoms with van der Waals surface area (Å²) >= 11 is 0. The Bertz CT molecular complexity index is 879. The molecule has 1 atom stereocenters. The molecule has 0 bridgehead atoms. The van der Waals surface area contributed by atoms with Crippen LogP contribution in [0.4, 0.5) is 17.6 Å². The van der Waals surface area contributed by atoms with Crippen LogP contribution in [0.3, 0.4) is 0 Å². The molecule has 1 N–H and O–H groups in total. The fourth-order valence-corrected chi connectivity index (χ4v) is 2.64. The summed E-state index contributed by atoms with van der Waals surface area (Å²) in [5.41, 5.74) is -3.56. The van der Waals surface area contributed by atoms with Gasteiger partial charge in [-0.05, 0) is 54.1 Å². The van der Waals surface area contributed by atoms with Crippen LogP contribution in [0.2, 0.25) is 0 Å². The Morgan fingerprint density at radius 1 is 1.15 bits per heavy atom. The number of hydrogen-bond donors (Lipinski definition) is 1. The minimum Gasteiger partial charge on any atom is -0.497 e. The molecule has 1 heterocycles. The van der Waals surface area contributed by atoms with Gasteiger partial charge in [0.1, 0.15) is 11.6 Å². The second kappa shape index (κ2) is 6.66. The maximum atomic E-state index is 13.5. The van der Waals surface area contributed by atoms with Gasteiger partial charge in [-0.1, -0.05) is 0 Å². The van der Waals surface area contributed by atoms with Gasteiger partial charge in [0.2, 0.25) is 0 Å². The Morgan fingerprint density at radius 2 is 1.74 bits per heavy atom. The summed E-state index contributed by atoms with van der Waals surface area (Å²) in [7, 11) is 1.44. The molecule has 1 aliphatic heterocycles. The van der Waals surface area contributed by atoms with Gasteiger partial charge in [-0.15, -0.1) is 0 Å². The summed E-state index contributed by atoms with van der Waals surface area (Å²) < 4.78 is 58.6. The van der Waals surface area contributed by atoms with Crippen LogP contribution in [-0.2, 0) is 0 Å². The number of carbonyl (C=O) groups excluding carboxylic acids is 1. The summed E-state index contributed by atoms with van der Waals surface area (Å²) in [6.07, 6.45) is -6.09. The highest BCUT2D eigenvalue weighted by Gasteiger charge is 2.63. The smallest absolute Gasteiger partial charge is 0.438 e. The number of alkyl halides is 3. The number of carbonyl (C=O) groups is 1. The van der Waals surface area contributed by atoms with Crippen LogP contribution in [0.1, 0.15) is 22.3 Å². The van der Waals surface area contributed by atoms with Crippen molar-refractivity contribution in [3.8, 4) is 5.75 Å². The van der Waals surface area contributed by atoms with E-state index in [1.165, 1.54) is 31.4 Å². The van der Waals surface area contributed by atoms with Crippen molar-refractivity contribution in [3.05, 3.63) is 65.5 Å². The summed E-state index contributed by atoms with van der Waals surface area (Å²) in [4.78, 5) is 12.5. The minimum atomic E-state index is -5.15. The van der Waals surface area contributed by atoms with Crippen LogP contribution in [0.5, 0.6) is 5.75 Å². The third-order valence-corrected chi connectivity index (χ3v) is 4.15. The van der Waals surface area contributed by atoms with Crippen LogP contribution >= 0.6 is 0 Å². The molecular weight excluding hydrogens is 368 g/mol. The van der Waals surface area contributed by atoms with Crippen LogP contribution in [0.25, 0.3) is 0 Å². The molecule has 5 nitrogen and oxygen atoms in total. The average molecular weight is 382 g/mol. The van der Waals surface area contributed by atoms with Crippen LogP contribution < -0.4 is 4.74 Å². The maximum Gasteiger partial charge on any atom is 0.438 e. The molecule has 27 heavy (non-hydrogen) atoms. The number of nitrogens with zero attached hydrogens (tertiary/aromatic N) is 2. The predicted octanol–water partition coefficient (Wildman–Crippen LogP) is 3.34. The highest BCUT2D eigenvalue weighted by atomic mass is 19.4. The first-order chi connectivity index (χ1) is 12.7. The molecule has 142 valence electrons. The number of aliphatic hydroxyl groups is 1. The van der Waals surface area contributed by atoms with Crippen molar-refractivity contribution in [2.75, 3.05) is 7.11 Å². The van der Waals surface area contributed by atoms with Crippen molar-refractivity contribution in [2.24, 2.45) is 5.10 Å². The summed E-state index contributed by atoms with van der Waals surface area (Å²) in [6.45, 7) is 0. The second-order valence-corrected chi connectivity index (χ2v) is 5.89. The highest BCUT2D eigenvalue weighted by Crippen LogP contribution is 2.42. The minimum absolute atomic E-state index is 0.000195. The van der Waals surface area contributed by atoms with Crippen LogP contribution in [-0.4, -0.2) is 40.7 Å². The van der Waals surface area contributed by atoms with Gasteiger partial charge in [-0.25, -0.2) is 4.39 Å². The molecule has 1 amide bonds. The van der Waals surface area contributed by atoms with Gasteiger partial charge in [0.25, 0.3) is 11.6 Å². The number of ether oxygens (including phenoxy) is 1. The lowest BCUT2D eigenvalue weighted by Gasteiger charge is -2.32. The van der Waals surface area contributed by atoms with Crippen molar-refractivity contribution in [2.45, 2.75) is 18.3 Å². The van der Waals surface area contributed by atoms with E-state index in [-0.39, 0.29) is 16.3 Å². The summed E-state index contributed by atoms with van der Waals surface area (Å²) in [5, 5.41) is 14.0. The Morgan fingerprint density at radius 3 is 2.26 bits per heavy atom. The molecule has 0 radical (unpaired) electrons. The van der Waals surface area contributed by atoms with Gasteiger partial charge in [0.15, 0.2) is 0 Å². The number of hydrazone groups is 1. The van der Waals surface area contributed by atoms with Gasteiger partial charge in [0, 0.05) is 5.56 Å². The molecule has 0 aromatic heterocycles. The second-order valence-electron chi connectivity index (χ2n) is 5.89. The molecule has 2 aromatic rings. The van der Waals surface area contributed by atoms with Crippen molar-refractivity contribution in [1.82, 2.24) is 5.01 Å². The van der Waals surface area contributed by atoms with Crippen molar-refractivity contribution >= 4 is 11.6 Å². The zero-order valence-corrected chi connectivity index (χ0v) is 14.0. The van der Waals surface area contributed by atoms with Crippen molar-refractivity contribution in [3.63, 3.8) is 0 Å². The van der Waals surface area contributed by atoms with E-state index < -0.39 is 30.0 Å². The number of methoxy groups -OCH3 is 1. The molecule has 3 rings (SSSR count). The fraction of sp³-hybridized carbons (Fsp3) is 0.222. The normalized spacial score (nSPS) is 19.8. The maximum absolute atomic E-state index is 13.5. The standard InChI is InChI=1S/C18H14F4N2O3/c1-27-14-8-4-11(5-9-14)15-10-17(26,18(20,21)22)24(23-15)16(25)12-2-6-13(19)7-3-12/h2-9,26H,10H2,1H3. The lowest BCUT2D eigenvalue weighted by atomic mass is 10.0. The molecule has 0 aliphatic carbocycles. The van der Waals surface area contributed by atoms with Crippen LogP contribution in [0.15, 0.2) is 53.6 Å². The fourth-order valence-electron chi connectivity index (χ4n) is 2.64. The molecule has 0 spiro atoms. The molecule has 1 aliphatic rings. The van der Waals surface area contributed by atoms with Crippen LogP contribution in [0, 0.1) is 5.82 Å². The molecular formula is C18H14F4N2O3. The monoisotopic (exact) mass is 382 g/mol. The number of halogens is 4. The Hall–Kier alpha value is -2.94. The molecule has 0 saturated heterocycles. The number of benzene rings is 2. The highest BCUT2D eigenvalue weighted by molar-refractivity contribution is 6.05. The third-order valence-electron chi connectivity index (χ3n) is 4.15. The first-order valence-electron chi connectivity index (χ1n) is 7.77. The largest absolute Gasteiger partial charge is 0.497 e. The lowest BCUT2D eigenvalue weighted by molar-refractivity contribution is -0.297. The van der Waals surface area contributed by atoms with Crippen molar-refractivity contribution < 1.29 is 32.2 Å². The quantitative estimate of drug-likeness (QED) is 0.829. The van der Waals surface area contributed by atoms with E-state index in [1.54, 1.807) is 0 Å². The number of rotatable bonds is 3.